The van der Waals surface area contributed by atoms with Crippen LogP contribution >= 0.6 is 11.6 Å². The topological polar surface area (TPSA) is 42.4 Å². The number of aryl methyl sites for hydroxylation is 1. The van der Waals surface area contributed by atoms with Gasteiger partial charge in [-0.1, -0.05) is 48.0 Å². The maximum atomic E-state index is 12.9. The largest absolute Gasteiger partial charge is 0.494 e. The molecular weight excluding hydrogens is 384 g/mol. The second-order valence-electron chi connectivity index (χ2n) is 6.94. The molecule has 5 heteroatoms. The summed E-state index contributed by atoms with van der Waals surface area (Å²) in [6.45, 7) is 2.41. The zero-order chi connectivity index (χ0) is 20.6. The fourth-order valence-corrected chi connectivity index (χ4v) is 3.32. The first-order valence-corrected chi connectivity index (χ1v) is 10.0. The summed E-state index contributed by atoms with van der Waals surface area (Å²) in [5.74, 6) is 0.823. The summed E-state index contributed by atoms with van der Waals surface area (Å²) in [4.78, 5) is 19.1. The Morgan fingerprint density at radius 1 is 1.10 bits per heavy atom. The van der Waals surface area contributed by atoms with E-state index < -0.39 is 0 Å². The molecular formula is C24H25ClN2O2. The Morgan fingerprint density at radius 2 is 1.86 bits per heavy atom. The molecule has 0 radical (unpaired) electrons. The molecule has 3 rings (SSSR count). The molecule has 0 bridgehead atoms. The van der Waals surface area contributed by atoms with Crippen LogP contribution in [-0.4, -0.2) is 29.4 Å². The zero-order valence-electron chi connectivity index (χ0n) is 16.7. The number of benzene rings is 2. The minimum atomic E-state index is -0.218. The second kappa shape index (κ2) is 10.1. The Labute approximate surface area is 177 Å². The van der Waals surface area contributed by atoms with E-state index in [2.05, 4.69) is 4.98 Å². The van der Waals surface area contributed by atoms with Crippen molar-refractivity contribution in [3.63, 3.8) is 0 Å². The van der Waals surface area contributed by atoms with Crippen LogP contribution in [0.25, 0.3) is 0 Å². The number of hydrogen-bond acceptors (Lipinski definition) is 3. The van der Waals surface area contributed by atoms with Crippen LogP contribution in [0.15, 0.2) is 72.9 Å². The maximum absolute atomic E-state index is 12.9. The monoisotopic (exact) mass is 408 g/mol. The Morgan fingerprint density at radius 3 is 2.55 bits per heavy atom. The predicted octanol–water partition coefficient (Wildman–Crippen LogP) is 5.45. The molecule has 1 unspecified atom stereocenters. The third-order valence-corrected chi connectivity index (χ3v) is 5.22. The standard InChI is InChI=1S/C24H25ClN2O2/c1-18-17-20(13-14-21(18)25)29-16-8-12-23(28)27(2)24(19-9-4-3-5-10-19)22-11-6-7-15-26-22/h3-7,9-11,13-15,17,24H,8,12,16H2,1-2H3. The van der Waals surface area contributed by atoms with Gasteiger partial charge in [0.15, 0.2) is 0 Å². The van der Waals surface area contributed by atoms with Crippen molar-refractivity contribution >= 4 is 17.5 Å². The molecule has 0 saturated heterocycles. The van der Waals surface area contributed by atoms with Crippen LogP contribution in [0.5, 0.6) is 5.75 Å². The van der Waals surface area contributed by atoms with Crippen molar-refractivity contribution in [3.05, 3.63) is 94.8 Å². The van der Waals surface area contributed by atoms with E-state index in [4.69, 9.17) is 16.3 Å². The lowest BCUT2D eigenvalue weighted by molar-refractivity contribution is -0.131. The Hall–Kier alpha value is -2.85. The van der Waals surface area contributed by atoms with E-state index in [1.54, 1.807) is 11.1 Å². The van der Waals surface area contributed by atoms with Crippen LogP contribution in [0, 0.1) is 6.92 Å². The minimum Gasteiger partial charge on any atom is -0.494 e. The van der Waals surface area contributed by atoms with E-state index in [1.807, 2.05) is 80.7 Å². The van der Waals surface area contributed by atoms with E-state index in [0.29, 0.717) is 19.4 Å². The molecule has 1 amide bonds. The number of aromatic nitrogens is 1. The number of halogens is 1. The van der Waals surface area contributed by atoms with Gasteiger partial charge in [0.1, 0.15) is 5.75 Å². The van der Waals surface area contributed by atoms with Crippen LogP contribution in [0.1, 0.15) is 35.7 Å². The molecule has 4 nitrogen and oxygen atoms in total. The minimum absolute atomic E-state index is 0.0559. The number of carbonyl (C=O) groups excluding carboxylic acids is 1. The fourth-order valence-electron chi connectivity index (χ4n) is 3.21. The smallest absolute Gasteiger partial charge is 0.223 e. The van der Waals surface area contributed by atoms with Crippen molar-refractivity contribution in [3.8, 4) is 5.75 Å². The summed E-state index contributed by atoms with van der Waals surface area (Å²) in [5.41, 5.74) is 2.86. The van der Waals surface area contributed by atoms with Gasteiger partial charge in [-0.05, 0) is 54.8 Å². The van der Waals surface area contributed by atoms with E-state index in [0.717, 1.165) is 27.6 Å². The molecule has 1 aromatic heterocycles. The van der Waals surface area contributed by atoms with Gasteiger partial charge in [-0.3, -0.25) is 9.78 Å². The van der Waals surface area contributed by atoms with Crippen LogP contribution < -0.4 is 4.74 Å². The zero-order valence-corrected chi connectivity index (χ0v) is 17.5. The maximum Gasteiger partial charge on any atom is 0.223 e. The summed E-state index contributed by atoms with van der Waals surface area (Å²) < 4.78 is 5.76. The molecule has 0 spiro atoms. The number of rotatable bonds is 8. The highest BCUT2D eigenvalue weighted by atomic mass is 35.5. The van der Waals surface area contributed by atoms with Crippen molar-refractivity contribution in [2.24, 2.45) is 0 Å². The molecule has 1 heterocycles. The van der Waals surface area contributed by atoms with Gasteiger partial charge in [0.2, 0.25) is 5.91 Å². The third kappa shape index (κ3) is 5.58. The third-order valence-electron chi connectivity index (χ3n) is 4.80. The SMILES string of the molecule is Cc1cc(OCCCC(=O)N(C)C(c2ccccc2)c2ccccn2)ccc1Cl. The highest BCUT2D eigenvalue weighted by molar-refractivity contribution is 6.31. The van der Waals surface area contributed by atoms with Crippen LogP contribution in [0.3, 0.4) is 0 Å². The molecule has 0 aliphatic heterocycles. The molecule has 3 aromatic rings. The normalized spacial score (nSPS) is 11.7. The van der Waals surface area contributed by atoms with Crippen molar-refractivity contribution in [2.45, 2.75) is 25.8 Å². The van der Waals surface area contributed by atoms with E-state index in [9.17, 15) is 4.79 Å². The fraction of sp³-hybridized carbons (Fsp3) is 0.250. The van der Waals surface area contributed by atoms with E-state index in [-0.39, 0.29) is 11.9 Å². The molecule has 0 aliphatic carbocycles. The first-order valence-electron chi connectivity index (χ1n) is 9.67. The Balaban J connectivity index is 1.61. The number of hydrogen-bond donors (Lipinski definition) is 0. The van der Waals surface area contributed by atoms with Crippen LogP contribution in [-0.2, 0) is 4.79 Å². The highest BCUT2D eigenvalue weighted by Gasteiger charge is 2.24. The van der Waals surface area contributed by atoms with Gasteiger partial charge >= 0.3 is 0 Å². The molecule has 0 fully saturated rings. The lowest BCUT2D eigenvalue weighted by Crippen LogP contribution is -2.32. The number of ether oxygens (including phenoxy) is 1. The molecule has 29 heavy (non-hydrogen) atoms. The summed E-state index contributed by atoms with van der Waals surface area (Å²) in [7, 11) is 1.83. The second-order valence-corrected chi connectivity index (χ2v) is 7.34. The summed E-state index contributed by atoms with van der Waals surface area (Å²) in [6.07, 6.45) is 2.79. The highest BCUT2D eigenvalue weighted by Crippen LogP contribution is 2.27. The predicted molar refractivity (Wildman–Crippen MR) is 116 cm³/mol. The number of nitrogens with zero attached hydrogens (tertiary/aromatic N) is 2. The van der Waals surface area contributed by atoms with Crippen LogP contribution in [0.2, 0.25) is 5.02 Å². The number of pyridine rings is 1. The molecule has 0 saturated carbocycles. The average molecular weight is 409 g/mol. The Kier molecular flexibility index (Phi) is 7.25. The van der Waals surface area contributed by atoms with Gasteiger partial charge in [0.25, 0.3) is 0 Å². The number of amides is 1. The van der Waals surface area contributed by atoms with Gasteiger partial charge in [-0.25, -0.2) is 0 Å². The lowest BCUT2D eigenvalue weighted by atomic mass is 10.0. The van der Waals surface area contributed by atoms with Crippen molar-refractivity contribution in [1.82, 2.24) is 9.88 Å². The van der Waals surface area contributed by atoms with Crippen molar-refractivity contribution < 1.29 is 9.53 Å². The van der Waals surface area contributed by atoms with Crippen molar-refractivity contribution in [1.29, 1.82) is 0 Å². The molecule has 150 valence electrons. The van der Waals surface area contributed by atoms with E-state index >= 15 is 0 Å². The lowest BCUT2D eigenvalue weighted by Gasteiger charge is -2.28. The molecule has 0 aliphatic rings. The Bertz CT molecular complexity index is 893. The van der Waals surface area contributed by atoms with Crippen molar-refractivity contribution in [2.75, 3.05) is 13.7 Å². The first-order chi connectivity index (χ1) is 14.1. The summed E-state index contributed by atoms with van der Waals surface area (Å²) >= 11 is 6.04. The van der Waals surface area contributed by atoms with E-state index in [1.165, 1.54) is 0 Å². The van der Waals surface area contributed by atoms with Gasteiger partial charge in [0, 0.05) is 24.7 Å². The molecule has 0 N–H and O–H groups in total. The number of carbonyl (C=O) groups is 1. The molecule has 1 atom stereocenters. The van der Waals surface area contributed by atoms with Gasteiger partial charge in [-0.2, -0.15) is 0 Å². The first kappa shape index (κ1) is 20.9. The van der Waals surface area contributed by atoms with Crippen LogP contribution in [0.4, 0.5) is 0 Å². The van der Waals surface area contributed by atoms with Gasteiger partial charge in [-0.15, -0.1) is 0 Å². The summed E-state index contributed by atoms with van der Waals surface area (Å²) in [5, 5.41) is 0.718. The molecule has 2 aromatic carbocycles. The average Bonchev–Trinajstić information content (AvgIpc) is 2.75. The van der Waals surface area contributed by atoms with Gasteiger partial charge < -0.3 is 9.64 Å². The quantitative estimate of drug-likeness (QED) is 0.465. The summed E-state index contributed by atoms with van der Waals surface area (Å²) in [6, 6.07) is 21.1. The van der Waals surface area contributed by atoms with Gasteiger partial charge in [0.05, 0.1) is 18.3 Å².